The lowest BCUT2D eigenvalue weighted by molar-refractivity contribution is 0.0930. The van der Waals surface area contributed by atoms with Crippen LogP contribution in [0.5, 0.6) is 0 Å². The molecule has 0 aliphatic heterocycles. The lowest BCUT2D eigenvalue weighted by Gasteiger charge is -2.12. The number of rotatable bonds is 3. The number of nitrogens with one attached hydrogen (secondary N) is 1. The first kappa shape index (κ1) is 12.0. The molecule has 2 rings (SSSR count). The zero-order valence-electron chi connectivity index (χ0n) is 8.84. The third-order valence-corrected chi connectivity index (χ3v) is 3.75. The van der Waals surface area contributed by atoms with Crippen LogP contribution in [-0.4, -0.2) is 16.9 Å². The molecular formula is C11H12Br2N2O. The SMILES string of the molecule is CC(NC(=O)c1ncc(Br)cc1Br)C1CC1. The average molecular weight is 348 g/mol. The lowest BCUT2D eigenvalue weighted by atomic mass is 10.2. The van der Waals surface area contributed by atoms with Crippen molar-refractivity contribution in [1.29, 1.82) is 0 Å². The summed E-state index contributed by atoms with van der Waals surface area (Å²) in [5.41, 5.74) is 0.440. The van der Waals surface area contributed by atoms with Crippen LogP contribution in [0.1, 0.15) is 30.3 Å². The van der Waals surface area contributed by atoms with Gasteiger partial charge in [0.15, 0.2) is 0 Å². The molecule has 1 aromatic heterocycles. The molecule has 1 atom stereocenters. The van der Waals surface area contributed by atoms with Crippen LogP contribution in [0.4, 0.5) is 0 Å². The normalized spacial score (nSPS) is 16.9. The van der Waals surface area contributed by atoms with Gasteiger partial charge in [-0.3, -0.25) is 4.79 Å². The molecule has 1 saturated carbocycles. The molecule has 5 heteroatoms. The van der Waals surface area contributed by atoms with Gasteiger partial charge in [0.05, 0.1) is 4.47 Å². The van der Waals surface area contributed by atoms with Gasteiger partial charge >= 0.3 is 0 Å². The van der Waals surface area contributed by atoms with E-state index in [9.17, 15) is 4.79 Å². The summed E-state index contributed by atoms with van der Waals surface area (Å²) in [6.45, 7) is 2.04. The number of hydrogen-bond acceptors (Lipinski definition) is 2. The quantitative estimate of drug-likeness (QED) is 0.912. The Bertz CT molecular complexity index is 418. The Balaban J connectivity index is 2.07. The van der Waals surface area contributed by atoms with Gasteiger partial charge in [0.25, 0.3) is 5.91 Å². The van der Waals surface area contributed by atoms with E-state index in [0.717, 1.165) is 4.47 Å². The zero-order valence-corrected chi connectivity index (χ0v) is 12.0. The molecule has 1 aromatic rings. The maximum Gasteiger partial charge on any atom is 0.271 e. The Morgan fingerprint density at radius 3 is 2.81 bits per heavy atom. The van der Waals surface area contributed by atoms with E-state index in [1.54, 1.807) is 6.20 Å². The molecule has 86 valence electrons. The highest BCUT2D eigenvalue weighted by Crippen LogP contribution is 2.32. The van der Waals surface area contributed by atoms with Crippen molar-refractivity contribution in [2.24, 2.45) is 5.92 Å². The standard InChI is InChI=1S/C11H12Br2N2O/c1-6(7-2-3-7)15-11(16)10-9(13)4-8(12)5-14-10/h4-7H,2-3H2,1H3,(H,15,16). The monoisotopic (exact) mass is 346 g/mol. The van der Waals surface area contributed by atoms with Crippen molar-refractivity contribution in [2.75, 3.05) is 0 Å². The van der Waals surface area contributed by atoms with Gasteiger partial charge in [0.2, 0.25) is 0 Å². The van der Waals surface area contributed by atoms with Gasteiger partial charge < -0.3 is 5.32 Å². The number of carbonyl (C=O) groups excluding carboxylic acids is 1. The second-order valence-corrected chi connectivity index (χ2v) is 5.85. The van der Waals surface area contributed by atoms with Gasteiger partial charge in [-0.15, -0.1) is 0 Å². The molecular weight excluding hydrogens is 336 g/mol. The second kappa shape index (κ2) is 4.84. The minimum Gasteiger partial charge on any atom is -0.348 e. The lowest BCUT2D eigenvalue weighted by Crippen LogP contribution is -2.34. The van der Waals surface area contributed by atoms with Crippen LogP contribution in [0, 0.1) is 5.92 Å². The van der Waals surface area contributed by atoms with E-state index in [2.05, 4.69) is 42.2 Å². The van der Waals surface area contributed by atoms with E-state index in [1.807, 2.05) is 13.0 Å². The van der Waals surface area contributed by atoms with Crippen LogP contribution in [0.2, 0.25) is 0 Å². The molecule has 16 heavy (non-hydrogen) atoms. The molecule has 0 saturated heterocycles. The van der Waals surface area contributed by atoms with Gasteiger partial charge in [0, 0.05) is 16.7 Å². The predicted molar refractivity (Wildman–Crippen MR) is 69.3 cm³/mol. The molecule has 1 N–H and O–H groups in total. The van der Waals surface area contributed by atoms with Gasteiger partial charge in [-0.05, 0) is 63.6 Å². The highest BCUT2D eigenvalue weighted by Gasteiger charge is 2.29. The van der Waals surface area contributed by atoms with E-state index < -0.39 is 0 Å². The highest BCUT2D eigenvalue weighted by atomic mass is 79.9. The van der Waals surface area contributed by atoms with Crippen molar-refractivity contribution < 1.29 is 4.79 Å². The summed E-state index contributed by atoms with van der Waals surface area (Å²) in [6.07, 6.45) is 4.06. The summed E-state index contributed by atoms with van der Waals surface area (Å²) in [6, 6.07) is 2.06. The van der Waals surface area contributed by atoms with Crippen molar-refractivity contribution in [3.63, 3.8) is 0 Å². The van der Waals surface area contributed by atoms with Gasteiger partial charge in [-0.25, -0.2) is 4.98 Å². The van der Waals surface area contributed by atoms with Gasteiger partial charge in [-0.1, -0.05) is 0 Å². The van der Waals surface area contributed by atoms with Crippen LogP contribution in [0.25, 0.3) is 0 Å². The van der Waals surface area contributed by atoms with E-state index >= 15 is 0 Å². The van der Waals surface area contributed by atoms with Crippen molar-refractivity contribution in [1.82, 2.24) is 10.3 Å². The first-order valence-corrected chi connectivity index (χ1v) is 6.78. The smallest absolute Gasteiger partial charge is 0.271 e. The summed E-state index contributed by atoms with van der Waals surface area (Å²) < 4.78 is 1.56. The maximum absolute atomic E-state index is 11.9. The van der Waals surface area contributed by atoms with Crippen LogP contribution in [-0.2, 0) is 0 Å². The highest BCUT2D eigenvalue weighted by molar-refractivity contribution is 9.11. The topological polar surface area (TPSA) is 42.0 Å². The fourth-order valence-electron chi connectivity index (χ4n) is 1.57. The Morgan fingerprint density at radius 1 is 1.56 bits per heavy atom. The summed E-state index contributed by atoms with van der Waals surface area (Å²) in [7, 11) is 0. The summed E-state index contributed by atoms with van der Waals surface area (Å²) >= 11 is 6.64. The zero-order chi connectivity index (χ0) is 11.7. The average Bonchev–Trinajstić information content (AvgIpc) is 2.99. The minimum atomic E-state index is -0.112. The Labute approximate surface area is 111 Å². The van der Waals surface area contributed by atoms with Crippen molar-refractivity contribution in [2.45, 2.75) is 25.8 Å². The van der Waals surface area contributed by atoms with Crippen LogP contribution in [0.3, 0.4) is 0 Å². The second-order valence-electron chi connectivity index (χ2n) is 4.08. The third kappa shape index (κ3) is 2.83. The summed E-state index contributed by atoms with van der Waals surface area (Å²) in [5, 5.41) is 2.97. The van der Waals surface area contributed by atoms with Crippen molar-refractivity contribution in [3.8, 4) is 0 Å². The molecule has 0 aromatic carbocycles. The fraction of sp³-hybridized carbons (Fsp3) is 0.455. The fourth-order valence-corrected chi connectivity index (χ4v) is 2.74. The molecule has 1 amide bonds. The number of halogens is 2. The third-order valence-electron chi connectivity index (χ3n) is 2.71. The maximum atomic E-state index is 11.9. The summed E-state index contributed by atoms with van der Waals surface area (Å²) in [5.74, 6) is 0.539. The number of pyridine rings is 1. The van der Waals surface area contributed by atoms with E-state index in [0.29, 0.717) is 16.1 Å². The number of carbonyl (C=O) groups is 1. The van der Waals surface area contributed by atoms with Crippen LogP contribution >= 0.6 is 31.9 Å². The Morgan fingerprint density at radius 2 is 2.25 bits per heavy atom. The predicted octanol–water partition coefficient (Wildman–Crippen LogP) is 3.13. The van der Waals surface area contributed by atoms with Gasteiger partial charge in [0.1, 0.15) is 5.69 Å². The number of aromatic nitrogens is 1. The first-order valence-electron chi connectivity index (χ1n) is 5.20. The Hall–Kier alpha value is -0.420. The van der Waals surface area contributed by atoms with Crippen molar-refractivity contribution >= 4 is 37.8 Å². The molecule has 0 radical (unpaired) electrons. The molecule has 3 nitrogen and oxygen atoms in total. The van der Waals surface area contributed by atoms with E-state index in [1.165, 1.54) is 12.8 Å². The minimum absolute atomic E-state index is 0.112. The van der Waals surface area contributed by atoms with Crippen molar-refractivity contribution in [3.05, 3.63) is 26.9 Å². The Kier molecular flexibility index (Phi) is 3.64. The van der Waals surface area contributed by atoms with E-state index in [4.69, 9.17) is 0 Å². The van der Waals surface area contributed by atoms with Crippen LogP contribution < -0.4 is 5.32 Å². The van der Waals surface area contributed by atoms with Gasteiger partial charge in [-0.2, -0.15) is 0 Å². The molecule has 1 aliphatic carbocycles. The first-order chi connectivity index (χ1) is 7.58. The molecule has 1 fully saturated rings. The molecule has 1 aliphatic rings. The van der Waals surface area contributed by atoms with E-state index in [-0.39, 0.29) is 11.9 Å². The summed E-state index contributed by atoms with van der Waals surface area (Å²) in [4.78, 5) is 16.0. The van der Waals surface area contributed by atoms with Crippen LogP contribution in [0.15, 0.2) is 21.2 Å². The largest absolute Gasteiger partial charge is 0.348 e. The molecule has 1 unspecified atom stereocenters. The molecule has 0 spiro atoms. The number of amides is 1. The number of nitrogens with zero attached hydrogens (tertiary/aromatic N) is 1. The number of hydrogen-bond donors (Lipinski definition) is 1. The molecule has 0 bridgehead atoms. The molecule has 1 heterocycles.